The van der Waals surface area contributed by atoms with Gasteiger partial charge in [0.15, 0.2) is 0 Å². The summed E-state index contributed by atoms with van der Waals surface area (Å²) in [6, 6.07) is 0. The minimum atomic E-state index is -3.05. The van der Waals surface area contributed by atoms with Crippen molar-refractivity contribution in [2.45, 2.75) is 39.4 Å². The standard InChI is InChI=1S/C9H22NO3P/c1-6-9(4,10-5)14(11,12-7-2)13-8-3/h10H,6-8H2,1-5H3. The van der Waals surface area contributed by atoms with Crippen molar-refractivity contribution >= 4 is 7.60 Å². The van der Waals surface area contributed by atoms with Crippen LogP contribution in [0.3, 0.4) is 0 Å². The topological polar surface area (TPSA) is 47.6 Å². The van der Waals surface area contributed by atoms with Gasteiger partial charge in [0.2, 0.25) is 0 Å². The third kappa shape index (κ3) is 2.80. The second kappa shape index (κ2) is 5.86. The molecule has 0 radical (unpaired) electrons. The first-order valence-electron chi connectivity index (χ1n) is 5.07. The molecule has 0 fully saturated rings. The zero-order chi connectivity index (χ0) is 11.2. The third-order valence-electron chi connectivity index (χ3n) is 2.43. The van der Waals surface area contributed by atoms with Gasteiger partial charge in [-0.15, -0.1) is 0 Å². The maximum atomic E-state index is 12.4. The summed E-state index contributed by atoms with van der Waals surface area (Å²) in [4.78, 5) is 0. The Kier molecular flexibility index (Phi) is 5.91. The van der Waals surface area contributed by atoms with Crippen molar-refractivity contribution in [1.82, 2.24) is 5.32 Å². The molecular weight excluding hydrogens is 201 g/mol. The van der Waals surface area contributed by atoms with Crippen LogP contribution in [0.1, 0.15) is 34.1 Å². The predicted molar refractivity (Wildman–Crippen MR) is 58.6 cm³/mol. The molecule has 1 N–H and O–H groups in total. The quantitative estimate of drug-likeness (QED) is 0.674. The van der Waals surface area contributed by atoms with Gasteiger partial charge < -0.3 is 14.4 Å². The molecule has 86 valence electrons. The Hall–Kier alpha value is 0.110. The lowest BCUT2D eigenvalue weighted by molar-refractivity contribution is 0.190. The van der Waals surface area contributed by atoms with E-state index in [4.69, 9.17) is 9.05 Å². The molecule has 0 heterocycles. The molecule has 0 aliphatic rings. The zero-order valence-corrected chi connectivity index (χ0v) is 10.7. The van der Waals surface area contributed by atoms with E-state index < -0.39 is 12.9 Å². The lowest BCUT2D eigenvalue weighted by atomic mass is 10.2. The van der Waals surface area contributed by atoms with Gasteiger partial charge in [0.1, 0.15) is 5.28 Å². The molecule has 4 nitrogen and oxygen atoms in total. The molecule has 0 saturated carbocycles. The van der Waals surface area contributed by atoms with Gasteiger partial charge in [0, 0.05) is 0 Å². The fraction of sp³-hybridized carbons (Fsp3) is 1.00. The van der Waals surface area contributed by atoms with E-state index in [9.17, 15) is 4.57 Å². The predicted octanol–water partition coefficient (Wildman–Crippen LogP) is 2.60. The molecule has 0 aliphatic heterocycles. The molecule has 0 aromatic rings. The Balaban J connectivity index is 4.86. The highest BCUT2D eigenvalue weighted by Gasteiger charge is 2.44. The highest BCUT2D eigenvalue weighted by atomic mass is 31.2. The van der Waals surface area contributed by atoms with Crippen LogP contribution in [0.2, 0.25) is 0 Å². The van der Waals surface area contributed by atoms with Crippen LogP contribution in [0, 0.1) is 0 Å². The number of rotatable bonds is 7. The van der Waals surface area contributed by atoms with Crippen molar-refractivity contribution < 1.29 is 13.6 Å². The molecular formula is C9H22NO3P. The molecule has 5 heteroatoms. The average molecular weight is 223 g/mol. The molecule has 0 aliphatic carbocycles. The van der Waals surface area contributed by atoms with Gasteiger partial charge in [-0.2, -0.15) is 0 Å². The smallest absolute Gasteiger partial charge is 0.308 e. The maximum Gasteiger partial charge on any atom is 0.350 e. The summed E-state index contributed by atoms with van der Waals surface area (Å²) in [5, 5.41) is 2.43. The Morgan fingerprint density at radius 3 is 1.86 bits per heavy atom. The number of hydrogen-bond acceptors (Lipinski definition) is 4. The van der Waals surface area contributed by atoms with Gasteiger partial charge in [0.25, 0.3) is 0 Å². The van der Waals surface area contributed by atoms with Crippen LogP contribution < -0.4 is 5.32 Å². The molecule has 1 atom stereocenters. The number of nitrogens with one attached hydrogen (secondary N) is 1. The van der Waals surface area contributed by atoms with E-state index in [1.165, 1.54) is 0 Å². The molecule has 14 heavy (non-hydrogen) atoms. The summed E-state index contributed by atoms with van der Waals surface area (Å²) in [7, 11) is -1.28. The van der Waals surface area contributed by atoms with Crippen molar-refractivity contribution in [2.75, 3.05) is 20.3 Å². The van der Waals surface area contributed by atoms with Crippen LogP contribution >= 0.6 is 7.60 Å². The molecule has 0 amide bonds. The minimum Gasteiger partial charge on any atom is -0.308 e. The fourth-order valence-electron chi connectivity index (χ4n) is 1.17. The van der Waals surface area contributed by atoms with E-state index in [2.05, 4.69) is 5.32 Å². The Bertz CT molecular complexity index is 194. The van der Waals surface area contributed by atoms with Crippen molar-refractivity contribution in [1.29, 1.82) is 0 Å². The van der Waals surface area contributed by atoms with Crippen LogP contribution in [0.5, 0.6) is 0 Å². The summed E-state index contributed by atoms with van der Waals surface area (Å²) in [6.07, 6.45) is 0.695. The van der Waals surface area contributed by atoms with Crippen LogP contribution in [-0.2, 0) is 13.6 Å². The van der Waals surface area contributed by atoms with E-state index >= 15 is 0 Å². The highest BCUT2D eigenvalue weighted by Crippen LogP contribution is 2.59. The lowest BCUT2D eigenvalue weighted by Gasteiger charge is -2.34. The van der Waals surface area contributed by atoms with Gasteiger partial charge in [-0.05, 0) is 34.2 Å². The van der Waals surface area contributed by atoms with Crippen molar-refractivity contribution in [3.05, 3.63) is 0 Å². The summed E-state index contributed by atoms with van der Waals surface area (Å²) >= 11 is 0. The van der Waals surface area contributed by atoms with E-state index in [0.717, 1.165) is 0 Å². The van der Waals surface area contributed by atoms with Gasteiger partial charge >= 0.3 is 7.60 Å². The van der Waals surface area contributed by atoms with Gasteiger partial charge in [0.05, 0.1) is 13.2 Å². The van der Waals surface area contributed by atoms with Crippen LogP contribution in [0.15, 0.2) is 0 Å². The maximum absolute atomic E-state index is 12.4. The monoisotopic (exact) mass is 223 g/mol. The minimum absolute atomic E-state index is 0.397. The second-order valence-electron chi connectivity index (χ2n) is 3.21. The van der Waals surface area contributed by atoms with Gasteiger partial charge in [-0.3, -0.25) is 4.57 Å². The molecule has 0 bridgehead atoms. The number of hydrogen-bond donors (Lipinski definition) is 1. The first-order valence-corrected chi connectivity index (χ1v) is 6.62. The molecule has 0 rings (SSSR count). The lowest BCUT2D eigenvalue weighted by Crippen LogP contribution is -2.40. The van der Waals surface area contributed by atoms with Crippen LogP contribution in [0.25, 0.3) is 0 Å². The fourth-order valence-corrected chi connectivity index (χ4v) is 3.15. The summed E-state index contributed by atoms with van der Waals surface area (Å²) in [5.74, 6) is 0. The van der Waals surface area contributed by atoms with Crippen molar-refractivity contribution in [3.63, 3.8) is 0 Å². The average Bonchev–Trinajstić information content (AvgIpc) is 2.17. The zero-order valence-electron chi connectivity index (χ0n) is 9.79. The third-order valence-corrected chi connectivity index (χ3v) is 5.37. The Morgan fingerprint density at radius 1 is 1.21 bits per heavy atom. The molecule has 0 spiro atoms. The van der Waals surface area contributed by atoms with E-state index in [-0.39, 0.29) is 0 Å². The van der Waals surface area contributed by atoms with Crippen molar-refractivity contribution in [2.24, 2.45) is 0 Å². The normalized spacial score (nSPS) is 16.6. The molecule has 0 saturated heterocycles. The van der Waals surface area contributed by atoms with Gasteiger partial charge in [-0.25, -0.2) is 0 Å². The Labute approximate surface area is 86.9 Å². The van der Waals surface area contributed by atoms with Crippen LogP contribution in [-0.4, -0.2) is 25.5 Å². The Morgan fingerprint density at radius 2 is 1.64 bits per heavy atom. The van der Waals surface area contributed by atoms with E-state index in [1.54, 1.807) is 7.05 Å². The summed E-state index contributed by atoms with van der Waals surface area (Å²) in [6.45, 7) is 8.25. The van der Waals surface area contributed by atoms with Gasteiger partial charge in [-0.1, -0.05) is 6.92 Å². The molecule has 0 aromatic carbocycles. The summed E-state index contributed by atoms with van der Waals surface area (Å²) in [5.41, 5.74) is 0. The second-order valence-corrected chi connectivity index (χ2v) is 5.71. The van der Waals surface area contributed by atoms with Crippen molar-refractivity contribution in [3.8, 4) is 0 Å². The summed E-state index contributed by atoms with van der Waals surface area (Å²) < 4.78 is 23.0. The first-order chi connectivity index (χ1) is 6.49. The SMILES string of the molecule is CCOP(=O)(OCC)C(C)(CC)NC. The van der Waals surface area contributed by atoms with E-state index in [0.29, 0.717) is 19.6 Å². The molecule has 0 aromatic heterocycles. The van der Waals surface area contributed by atoms with Crippen LogP contribution in [0.4, 0.5) is 0 Å². The first kappa shape index (κ1) is 14.1. The van der Waals surface area contributed by atoms with E-state index in [1.807, 2.05) is 27.7 Å². The highest BCUT2D eigenvalue weighted by molar-refractivity contribution is 7.55. The molecule has 1 unspecified atom stereocenters. The largest absolute Gasteiger partial charge is 0.350 e.